The minimum atomic E-state index is -0.383. The molecule has 3 aromatic rings. The van der Waals surface area contributed by atoms with Crippen molar-refractivity contribution in [2.24, 2.45) is 0 Å². The Morgan fingerprint density at radius 2 is 2.21 bits per heavy atom. The number of methoxy groups -OCH3 is 1. The molecule has 0 bridgehead atoms. The van der Waals surface area contributed by atoms with E-state index in [1.807, 2.05) is 0 Å². The Hall–Kier alpha value is -2.28. The van der Waals surface area contributed by atoms with Gasteiger partial charge in [-0.2, -0.15) is 5.10 Å². The summed E-state index contributed by atoms with van der Waals surface area (Å²) in [5.41, 5.74) is 2.47. The average Bonchev–Trinajstić information content (AvgIpc) is 3.08. The van der Waals surface area contributed by atoms with Crippen LogP contribution in [0.4, 0.5) is 4.39 Å². The van der Waals surface area contributed by atoms with Gasteiger partial charge in [0.25, 0.3) is 0 Å². The van der Waals surface area contributed by atoms with Crippen LogP contribution >= 0.6 is 11.3 Å². The van der Waals surface area contributed by atoms with Gasteiger partial charge in [-0.3, -0.25) is 5.10 Å². The Bertz CT molecular complexity index is 696. The maximum absolute atomic E-state index is 14.1. The number of halogens is 1. The van der Waals surface area contributed by atoms with Gasteiger partial charge in [0.2, 0.25) is 0 Å². The molecule has 0 aliphatic heterocycles. The largest absolute Gasteiger partial charge is 0.496 e. The van der Waals surface area contributed by atoms with Crippen molar-refractivity contribution < 1.29 is 9.13 Å². The first-order chi connectivity index (χ1) is 9.31. The number of H-pyrrole nitrogens is 1. The summed E-state index contributed by atoms with van der Waals surface area (Å²) < 4.78 is 19.3. The van der Waals surface area contributed by atoms with E-state index < -0.39 is 0 Å². The van der Waals surface area contributed by atoms with Gasteiger partial charge in [0.15, 0.2) is 5.82 Å². The molecule has 2 heterocycles. The minimum absolute atomic E-state index is 0.331. The first-order valence-electron chi connectivity index (χ1n) is 5.43. The maximum atomic E-state index is 14.1. The van der Waals surface area contributed by atoms with Crippen molar-refractivity contribution in [3.05, 3.63) is 35.9 Å². The predicted molar refractivity (Wildman–Crippen MR) is 69.4 cm³/mol. The highest BCUT2D eigenvalue weighted by Crippen LogP contribution is 2.38. The Morgan fingerprint density at radius 1 is 1.32 bits per heavy atom. The zero-order valence-corrected chi connectivity index (χ0v) is 10.7. The zero-order chi connectivity index (χ0) is 13.2. The fourth-order valence-corrected chi connectivity index (χ4v) is 2.55. The molecule has 0 fully saturated rings. The molecule has 0 unspecified atom stereocenters. The number of nitrogens with one attached hydrogen (secondary N) is 1. The van der Waals surface area contributed by atoms with Crippen molar-refractivity contribution in [3.8, 4) is 27.7 Å². The van der Waals surface area contributed by atoms with Crippen LogP contribution in [0.15, 0.2) is 30.0 Å². The topological polar surface area (TPSA) is 63.7 Å². The molecular weight excluding hydrogens is 267 g/mol. The van der Waals surface area contributed by atoms with Gasteiger partial charge in [0.05, 0.1) is 28.8 Å². The Morgan fingerprint density at radius 3 is 2.95 bits per heavy atom. The second kappa shape index (κ2) is 4.77. The molecule has 0 spiro atoms. The maximum Gasteiger partial charge on any atom is 0.167 e. The van der Waals surface area contributed by atoms with E-state index in [9.17, 15) is 4.39 Å². The van der Waals surface area contributed by atoms with E-state index in [0.717, 1.165) is 4.88 Å². The number of benzene rings is 1. The second-order valence-electron chi connectivity index (χ2n) is 3.68. The molecule has 3 rings (SSSR count). The summed E-state index contributed by atoms with van der Waals surface area (Å²) in [5, 5.41) is 6.55. The number of aromatic amines is 1. The van der Waals surface area contributed by atoms with E-state index in [2.05, 4.69) is 20.2 Å². The quantitative estimate of drug-likeness (QED) is 0.799. The normalized spacial score (nSPS) is 10.6. The van der Waals surface area contributed by atoms with Gasteiger partial charge in [-0.1, -0.05) is 6.07 Å². The lowest BCUT2D eigenvalue weighted by Crippen LogP contribution is -1.93. The van der Waals surface area contributed by atoms with Crippen LogP contribution in [0.3, 0.4) is 0 Å². The Labute approximate surface area is 112 Å². The van der Waals surface area contributed by atoms with E-state index in [1.165, 1.54) is 30.8 Å². The Balaban J connectivity index is 2.22. The molecular formula is C12H9FN4OS. The van der Waals surface area contributed by atoms with Gasteiger partial charge in [-0.05, 0) is 12.1 Å². The van der Waals surface area contributed by atoms with E-state index in [-0.39, 0.29) is 5.82 Å². The second-order valence-corrected chi connectivity index (χ2v) is 4.54. The monoisotopic (exact) mass is 276 g/mol. The molecule has 1 aromatic carbocycles. The van der Waals surface area contributed by atoms with Gasteiger partial charge >= 0.3 is 0 Å². The predicted octanol–water partition coefficient (Wildman–Crippen LogP) is 2.74. The molecule has 0 aliphatic carbocycles. The lowest BCUT2D eigenvalue weighted by molar-refractivity contribution is 0.413. The molecule has 5 nitrogen and oxygen atoms in total. The first kappa shape index (κ1) is 11.8. The smallest absolute Gasteiger partial charge is 0.167 e. The van der Waals surface area contributed by atoms with Crippen LogP contribution in [0.5, 0.6) is 5.75 Å². The van der Waals surface area contributed by atoms with Crippen molar-refractivity contribution >= 4 is 11.3 Å². The zero-order valence-electron chi connectivity index (χ0n) is 9.92. The molecule has 1 N–H and O–H groups in total. The summed E-state index contributed by atoms with van der Waals surface area (Å²) in [6.07, 6.45) is 1.40. The number of hydrogen-bond acceptors (Lipinski definition) is 5. The summed E-state index contributed by atoms with van der Waals surface area (Å²) >= 11 is 1.36. The molecule has 0 aliphatic rings. The van der Waals surface area contributed by atoms with E-state index in [4.69, 9.17) is 4.74 Å². The van der Waals surface area contributed by atoms with Crippen LogP contribution in [-0.2, 0) is 0 Å². The number of hydrogen-bond donors (Lipinski definition) is 1. The van der Waals surface area contributed by atoms with Gasteiger partial charge in [-0.15, -0.1) is 11.3 Å². The fourth-order valence-electron chi connectivity index (χ4n) is 1.81. The van der Waals surface area contributed by atoms with Crippen molar-refractivity contribution in [3.63, 3.8) is 0 Å². The van der Waals surface area contributed by atoms with E-state index in [1.54, 1.807) is 17.6 Å². The number of nitrogens with zero attached hydrogens (tertiary/aromatic N) is 3. The average molecular weight is 276 g/mol. The summed E-state index contributed by atoms with van der Waals surface area (Å²) in [4.78, 5) is 9.02. The third-order valence-electron chi connectivity index (χ3n) is 2.63. The van der Waals surface area contributed by atoms with E-state index in [0.29, 0.717) is 22.8 Å². The number of aromatic nitrogens is 4. The molecule has 0 radical (unpaired) electrons. The number of thiazole rings is 1. The van der Waals surface area contributed by atoms with Gasteiger partial charge < -0.3 is 4.74 Å². The summed E-state index contributed by atoms with van der Waals surface area (Å²) in [6.45, 7) is 0. The van der Waals surface area contributed by atoms with Crippen molar-refractivity contribution in [1.29, 1.82) is 0 Å². The number of ether oxygens (including phenoxy) is 1. The lowest BCUT2D eigenvalue weighted by Gasteiger charge is -2.08. The highest BCUT2D eigenvalue weighted by Gasteiger charge is 2.20. The van der Waals surface area contributed by atoms with Crippen molar-refractivity contribution in [1.82, 2.24) is 20.2 Å². The summed E-state index contributed by atoms with van der Waals surface area (Å²) in [6, 6.07) is 4.67. The molecule has 0 amide bonds. The molecule has 0 saturated heterocycles. The molecule has 7 heteroatoms. The van der Waals surface area contributed by atoms with Crippen LogP contribution in [0.2, 0.25) is 0 Å². The fraction of sp³-hybridized carbons (Fsp3) is 0.0833. The third kappa shape index (κ3) is 1.97. The van der Waals surface area contributed by atoms with Crippen molar-refractivity contribution in [2.75, 3.05) is 7.11 Å². The minimum Gasteiger partial charge on any atom is -0.496 e. The molecule has 19 heavy (non-hydrogen) atoms. The molecule has 0 atom stereocenters. The third-order valence-corrected chi connectivity index (χ3v) is 3.46. The van der Waals surface area contributed by atoms with E-state index >= 15 is 0 Å². The highest BCUT2D eigenvalue weighted by atomic mass is 32.1. The summed E-state index contributed by atoms with van der Waals surface area (Å²) in [7, 11) is 1.50. The molecule has 0 saturated carbocycles. The molecule has 2 aromatic heterocycles. The highest BCUT2D eigenvalue weighted by molar-refractivity contribution is 7.13. The SMILES string of the molecule is COc1cccc(F)c1-c1ncsc1-c1ncn[nH]1. The van der Waals surface area contributed by atoms with Gasteiger partial charge in [-0.25, -0.2) is 14.4 Å². The Kier molecular flexibility index (Phi) is 2.96. The van der Waals surface area contributed by atoms with Crippen LogP contribution in [-0.4, -0.2) is 27.3 Å². The lowest BCUT2D eigenvalue weighted by atomic mass is 10.1. The molecule has 96 valence electrons. The first-order valence-corrected chi connectivity index (χ1v) is 6.31. The van der Waals surface area contributed by atoms with Gasteiger partial charge in [0, 0.05) is 0 Å². The van der Waals surface area contributed by atoms with Crippen LogP contribution in [0, 0.1) is 5.82 Å². The van der Waals surface area contributed by atoms with Crippen LogP contribution < -0.4 is 4.74 Å². The number of rotatable bonds is 3. The standard InChI is InChI=1S/C12H9FN4OS/c1-18-8-4-2-3-7(13)9(8)10-11(19-6-15-10)12-14-5-16-17-12/h2-6H,1H3,(H,14,16,17). The summed E-state index contributed by atoms with van der Waals surface area (Å²) in [5.74, 6) is 0.612. The van der Waals surface area contributed by atoms with Crippen LogP contribution in [0.1, 0.15) is 0 Å². The van der Waals surface area contributed by atoms with Crippen LogP contribution in [0.25, 0.3) is 22.0 Å². The van der Waals surface area contributed by atoms with Gasteiger partial charge in [0.1, 0.15) is 17.9 Å². The van der Waals surface area contributed by atoms with Crippen molar-refractivity contribution in [2.45, 2.75) is 0 Å².